The van der Waals surface area contributed by atoms with Gasteiger partial charge in [-0.25, -0.2) is 0 Å². The van der Waals surface area contributed by atoms with Gasteiger partial charge in [0.05, 0.1) is 1.37 Å². The molecule has 0 atom stereocenters. The summed E-state index contributed by atoms with van der Waals surface area (Å²) in [6, 6.07) is 12.1. The highest BCUT2D eigenvalue weighted by Crippen LogP contribution is 2.25. The molecule has 0 aliphatic heterocycles. The van der Waals surface area contributed by atoms with E-state index in [4.69, 9.17) is 2.74 Å². The van der Waals surface area contributed by atoms with E-state index in [0.717, 1.165) is 27.4 Å². The smallest absolute Gasteiger partial charge is 0.0623 e. The number of aryl methyl sites for hydroxylation is 1. The van der Waals surface area contributed by atoms with E-state index >= 15 is 0 Å². The summed E-state index contributed by atoms with van der Waals surface area (Å²) in [5.74, 6) is 0. The second-order valence-corrected chi connectivity index (χ2v) is 3.48. The SMILES string of the molecule is [2H]Cc1ccc2[nH]c3ccc([2H])cc3c2c1. The molecule has 1 heterocycles. The maximum Gasteiger partial charge on any atom is 0.0623 e. The number of H-pyrrole nitrogens is 1. The lowest BCUT2D eigenvalue weighted by Gasteiger charge is -1.92. The van der Waals surface area contributed by atoms with Crippen LogP contribution in [0.4, 0.5) is 0 Å². The summed E-state index contributed by atoms with van der Waals surface area (Å²) >= 11 is 0. The normalized spacial score (nSPS) is 13.1. The number of para-hydroxylation sites is 1. The average molecular weight is 183 g/mol. The molecule has 1 aromatic heterocycles. The van der Waals surface area contributed by atoms with E-state index in [1.165, 1.54) is 0 Å². The second kappa shape index (κ2) is 2.61. The molecule has 0 radical (unpaired) electrons. The summed E-state index contributed by atoms with van der Waals surface area (Å²) in [5.41, 5.74) is 3.12. The van der Waals surface area contributed by atoms with Gasteiger partial charge in [-0.15, -0.1) is 0 Å². The molecule has 14 heavy (non-hydrogen) atoms. The minimum absolute atomic E-state index is 0.295. The van der Waals surface area contributed by atoms with Crippen LogP contribution in [0.3, 0.4) is 0 Å². The Morgan fingerprint density at radius 2 is 2.07 bits per heavy atom. The molecule has 68 valence electrons. The first kappa shape index (κ1) is 5.86. The molecule has 0 amide bonds. The van der Waals surface area contributed by atoms with Crippen molar-refractivity contribution in [3.63, 3.8) is 0 Å². The fourth-order valence-electron chi connectivity index (χ4n) is 1.83. The van der Waals surface area contributed by atoms with Crippen LogP contribution < -0.4 is 0 Å². The molecule has 0 saturated heterocycles. The Morgan fingerprint density at radius 1 is 1.14 bits per heavy atom. The molecule has 3 rings (SSSR count). The van der Waals surface area contributed by atoms with Crippen LogP contribution in [0.25, 0.3) is 21.8 Å². The summed E-state index contributed by atoms with van der Waals surface area (Å²) in [7, 11) is 0. The van der Waals surface area contributed by atoms with Gasteiger partial charge in [-0.2, -0.15) is 0 Å². The number of fused-ring (bicyclic) bond motifs is 3. The summed E-state index contributed by atoms with van der Waals surface area (Å²) in [6.07, 6.45) is 0. The zero-order valence-electron chi connectivity index (χ0n) is 9.67. The van der Waals surface area contributed by atoms with Crippen LogP contribution >= 0.6 is 0 Å². The van der Waals surface area contributed by atoms with E-state index in [2.05, 4.69) is 4.98 Å². The Hall–Kier alpha value is -1.76. The number of hydrogen-bond donors (Lipinski definition) is 1. The van der Waals surface area contributed by atoms with Gasteiger partial charge in [0.2, 0.25) is 0 Å². The molecule has 0 bridgehead atoms. The first-order valence-electron chi connectivity index (χ1n) is 5.79. The molecule has 0 fully saturated rings. The summed E-state index contributed by atoms with van der Waals surface area (Å²) in [6.45, 7) is 0.295. The number of nitrogens with one attached hydrogen (secondary N) is 1. The third kappa shape index (κ3) is 0.956. The Balaban J connectivity index is 2.44. The van der Waals surface area contributed by atoms with Crippen LogP contribution in [0, 0.1) is 6.90 Å². The van der Waals surface area contributed by atoms with Gasteiger partial charge in [0.15, 0.2) is 0 Å². The first-order valence-corrected chi connectivity index (χ1v) is 4.58. The molecule has 0 aliphatic carbocycles. The van der Waals surface area contributed by atoms with Crippen molar-refractivity contribution in [2.24, 2.45) is 0 Å². The molecule has 0 saturated carbocycles. The lowest BCUT2D eigenvalue weighted by Crippen LogP contribution is -1.70. The molecule has 1 heteroatoms. The highest BCUT2D eigenvalue weighted by Gasteiger charge is 2.01. The van der Waals surface area contributed by atoms with Gasteiger partial charge in [-0.05, 0) is 25.1 Å². The molecular formula is C13H11N. The first-order chi connectivity index (χ1) is 7.78. The Bertz CT molecular complexity index is 670. The lowest BCUT2D eigenvalue weighted by molar-refractivity contribution is 1.49. The van der Waals surface area contributed by atoms with Crippen molar-refractivity contribution in [3.05, 3.63) is 48.0 Å². The van der Waals surface area contributed by atoms with Crippen molar-refractivity contribution in [2.45, 2.75) is 6.90 Å². The van der Waals surface area contributed by atoms with E-state index in [0.29, 0.717) is 12.9 Å². The number of aromatic nitrogens is 1. The van der Waals surface area contributed by atoms with E-state index in [1.807, 2.05) is 30.3 Å². The van der Waals surface area contributed by atoms with Crippen molar-refractivity contribution in [3.8, 4) is 0 Å². The molecule has 0 aliphatic rings. The maximum atomic E-state index is 7.64. The van der Waals surface area contributed by atoms with E-state index in [-0.39, 0.29) is 0 Å². The van der Waals surface area contributed by atoms with Gasteiger partial charge in [0.1, 0.15) is 0 Å². The van der Waals surface area contributed by atoms with Gasteiger partial charge in [-0.1, -0.05) is 29.8 Å². The molecule has 0 spiro atoms. The Labute approximate surface area is 85.2 Å². The molecule has 0 unspecified atom stereocenters. The average Bonchev–Trinajstić information content (AvgIpc) is 2.66. The third-order valence-corrected chi connectivity index (χ3v) is 2.51. The van der Waals surface area contributed by atoms with Crippen molar-refractivity contribution in [2.75, 3.05) is 0 Å². The fourth-order valence-corrected chi connectivity index (χ4v) is 1.83. The Kier molecular flexibility index (Phi) is 1.09. The number of hydrogen-bond acceptors (Lipinski definition) is 0. The van der Waals surface area contributed by atoms with Crippen molar-refractivity contribution in [1.29, 1.82) is 0 Å². The van der Waals surface area contributed by atoms with Crippen LogP contribution in [0.5, 0.6) is 0 Å². The third-order valence-electron chi connectivity index (χ3n) is 2.51. The minimum Gasteiger partial charge on any atom is -0.355 e. The van der Waals surface area contributed by atoms with Gasteiger partial charge in [0.25, 0.3) is 0 Å². The van der Waals surface area contributed by atoms with E-state index in [1.54, 1.807) is 6.07 Å². The predicted molar refractivity (Wildman–Crippen MR) is 60.5 cm³/mol. The number of rotatable bonds is 0. The number of aromatic amines is 1. The molecule has 1 N–H and O–H groups in total. The van der Waals surface area contributed by atoms with Crippen molar-refractivity contribution < 1.29 is 2.74 Å². The van der Waals surface area contributed by atoms with Crippen LogP contribution in [-0.4, -0.2) is 4.98 Å². The quantitative estimate of drug-likeness (QED) is 0.547. The molecular weight excluding hydrogens is 170 g/mol. The lowest BCUT2D eigenvalue weighted by atomic mass is 10.1. The van der Waals surface area contributed by atoms with Crippen LogP contribution in [0.2, 0.25) is 0 Å². The van der Waals surface area contributed by atoms with E-state index < -0.39 is 0 Å². The monoisotopic (exact) mass is 183 g/mol. The minimum atomic E-state index is 0.295. The summed E-state index contributed by atoms with van der Waals surface area (Å²) in [4.78, 5) is 3.31. The van der Waals surface area contributed by atoms with Crippen molar-refractivity contribution >= 4 is 21.8 Å². The van der Waals surface area contributed by atoms with Crippen molar-refractivity contribution in [1.82, 2.24) is 4.98 Å². The highest BCUT2D eigenvalue weighted by atomic mass is 14.7. The van der Waals surface area contributed by atoms with Crippen LogP contribution in [0.1, 0.15) is 8.30 Å². The summed E-state index contributed by atoms with van der Waals surface area (Å²) in [5, 5.41) is 2.17. The van der Waals surface area contributed by atoms with Gasteiger partial charge in [0, 0.05) is 23.2 Å². The molecule has 3 aromatic rings. The number of benzene rings is 2. The zero-order chi connectivity index (χ0) is 11.1. The Morgan fingerprint density at radius 3 is 3.00 bits per heavy atom. The second-order valence-electron chi connectivity index (χ2n) is 3.48. The highest BCUT2D eigenvalue weighted by molar-refractivity contribution is 6.07. The van der Waals surface area contributed by atoms with Crippen LogP contribution in [-0.2, 0) is 0 Å². The van der Waals surface area contributed by atoms with E-state index in [9.17, 15) is 0 Å². The standard InChI is InChI=1S/C13H11N/c1-9-6-7-13-11(8-9)10-4-2-3-5-12(10)14-13/h2-8,14H,1H3/i1D,2D. The maximum absolute atomic E-state index is 7.64. The zero-order valence-corrected chi connectivity index (χ0v) is 7.67. The topological polar surface area (TPSA) is 15.8 Å². The van der Waals surface area contributed by atoms with Gasteiger partial charge >= 0.3 is 0 Å². The largest absolute Gasteiger partial charge is 0.355 e. The molecule has 1 nitrogen and oxygen atoms in total. The fraction of sp³-hybridized carbons (Fsp3) is 0.0769. The summed E-state index contributed by atoms with van der Waals surface area (Å²) < 4.78 is 15.0. The van der Waals surface area contributed by atoms with Gasteiger partial charge in [-0.3, -0.25) is 0 Å². The van der Waals surface area contributed by atoms with Crippen LogP contribution in [0.15, 0.2) is 42.4 Å². The van der Waals surface area contributed by atoms with Gasteiger partial charge < -0.3 is 4.98 Å². The predicted octanol–water partition coefficient (Wildman–Crippen LogP) is 3.63. The molecule has 2 aromatic carbocycles.